The molecule has 3 aromatic carbocycles. The summed E-state index contributed by atoms with van der Waals surface area (Å²) in [6.07, 6.45) is 0. The van der Waals surface area contributed by atoms with Crippen molar-refractivity contribution in [3.8, 4) is 11.5 Å². The summed E-state index contributed by atoms with van der Waals surface area (Å²) in [4.78, 5) is 12.0. The fourth-order valence-electron chi connectivity index (χ4n) is 2.55. The standard InChI is InChI=1S/C19H18O3SSi/c1-21-24(20,16-11-6-3-7-12-16)18-14-8-13-17(23)19(18)22-15-9-4-2-5-10-15/h2-14,20,23H,1H3. The molecule has 0 heterocycles. The average Bonchev–Trinajstić information content (AvgIpc) is 2.64. The summed E-state index contributed by atoms with van der Waals surface area (Å²) in [5.74, 6) is 1.20. The third kappa shape index (κ3) is 3.25. The van der Waals surface area contributed by atoms with E-state index in [2.05, 4.69) is 12.6 Å². The zero-order valence-electron chi connectivity index (χ0n) is 13.2. The van der Waals surface area contributed by atoms with Gasteiger partial charge in [0.2, 0.25) is 0 Å². The van der Waals surface area contributed by atoms with E-state index in [1.807, 2.05) is 78.9 Å². The number of benzene rings is 3. The van der Waals surface area contributed by atoms with Crippen LogP contribution in [-0.2, 0) is 4.43 Å². The van der Waals surface area contributed by atoms with Gasteiger partial charge in [0.25, 0.3) is 0 Å². The molecule has 3 aromatic rings. The molecule has 0 saturated heterocycles. The van der Waals surface area contributed by atoms with E-state index in [4.69, 9.17) is 9.16 Å². The van der Waals surface area contributed by atoms with E-state index in [1.54, 1.807) is 0 Å². The van der Waals surface area contributed by atoms with E-state index in [9.17, 15) is 4.80 Å². The highest BCUT2D eigenvalue weighted by Crippen LogP contribution is 2.28. The first-order valence-electron chi connectivity index (χ1n) is 7.53. The molecule has 0 fully saturated rings. The first kappa shape index (κ1) is 16.8. The molecule has 0 radical (unpaired) electrons. The predicted molar refractivity (Wildman–Crippen MR) is 101 cm³/mol. The topological polar surface area (TPSA) is 38.7 Å². The molecule has 1 N–H and O–H groups in total. The van der Waals surface area contributed by atoms with Crippen LogP contribution in [0.2, 0.25) is 0 Å². The number of ether oxygens (including phenoxy) is 1. The number of hydrogen-bond acceptors (Lipinski definition) is 4. The summed E-state index contributed by atoms with van der Waals surface area (Å²) in [6.45, 7) is 0. The highest BCUT2D eigenvalue weighted by Gasteiger charge is 2.41. The zero-order chi connectivity index (χ0) is 17.0. The molecule has 5 heteroatoms. The van der Waals surface area contributed by atoms with Crippen molar-refractivity contribution >= 4 is 31.6 Å². The number of rotatable bonds is 5. The molecule has 0 aliphatic rings. The van der Waals surface area contributed by atoms with E-state index in [0.29, 0.717) is 21.6 Å². The van der Waals surface area contributed by atoms with Crippen molar-refractivity contribution in [2.75, 3.05) is 7.11 Å². The Hall–Kier alpha value is -2.05. The summed E-state index contributed by atoms with van der Waals surface area (Å²) >= 11 is 4.51. The van der Waals surface area contributed by atoms with E-state index in [0.717, 1.165) is 5.19 Å². The van der Waals surface area contributed by atoms with Crippen LogP contribution >= 0.6 is 12.6 Å². The van der Waals surface area contributed by atoms with Gasteiger partial charge in [0.1, 0.15) is 11.5 Å². The summed E-state index contributed by atoms with van der Waals surface area (Å²) in [5, 5.41) is 1.39. The molecular weight excluding hydrogens is 336 g/mol. The fraction of sp³-hybridized carbons (Fsp3) is 0.0526. The normalized spacial score (nSPS) is 13.3. The minimum Gasteiger partial charge on any atom is -0.456 e. The Balaban J connectivity index is 2.12. The van der Waals surface area contributed by atoms with E-state index in [-0.39, 0.29) is 0 Å². The van der Waals surface area contributed by atoms with Gasteiger partial charge in [-0.3, -0.25) is 0 Å². The van der Waals surface area contributed by atoms with Gasteiger partial charge in [0, 0.05) is 17.2 Å². The average molecular weight is 355 g/mol. The van der Waals surface area contributed by atoms with Crippen molar-refractivity contribution < 1.29 is 14.0 Å². The Morgan fingerprint density at radius 1 is 0.833 bits per heavy atom. The van der Waals surface area contributed by atoms with Crippen molar-refractivity contribution in [2.45, 2.75) is 4.90 Å². The lowest BCUT2D eigenvalue weighted by Crippen LogP contribution is -2.61. The van der Waals surface area contributed by atoms with Crippen molar-refractivity contribution in [1.82, 2.24) is 0 Å². The van der Waals surface area contributed by atoms with Crippen LogP contribution in [0.25, 0.3) is 0 Å². The summed E-state index contributed by atoms with van der Waals surface area (Å²) < 4.78 is 11.7. The quantitative estimate of drug-likeness (QED) is 0.547. The highest BCUT2D eigenvalue weighted by molar-refractivity contribution is 7.80. The van der Waals surface area contributed by atoms with E-state index < -0.39 is 8.56 Å². The lowest BCUT2D eigenvalue weighted by atomic mass is 10.3. The maximum Gasteiger partial charge on any atom is 0.407 e. The van der Waals surface area contributed by atoms with Crippen molar-refractivity contribution in [3.63, 3.8) is 0 Å². The van der Waals surface area contributed by atoms with Gasteiger partial charge in [-0.25, -0.2) is 0 Å². The van der Waals surface area contributed by atoms with Crippen LogP contribution in [0.1, 0.15) is 0 Å². The van der Waals surface area contributed by atoms with Crippen molar-refractivity contribution in [2.24, 2.45) is 0 Å². The number of para-hydroxylation sites is 2. The van der Waals surface area contributed by atoms with Gasteiger partial charge in [-0.2, -0.15) is 0 Å². The first-order chi connectivity index (χ1) is 11.6. The molecule has 3 nitrogen and oxygen atoms in total. The van der Waals surface area contributed by atoms with Gasteiger partial charge < -0.3 is 14.0 Å². The van der Waals surface area contributed by atoms with Gasteiger partial charge in [-0.15, -0.1) is 12.6 Å². The molecule has 0 aliphatic heterocycles. The first-order valence-corrected chi connectivity index (χ1v) is 9.84. The summed E-state index contributed by atoms with van der Waals surface area (Å²) in [5.41, 5.74) is 0. The van der Waals surface area contributed by atoms with Crippen LogP contribution in [0.4, 0.5) is 0 Å². The predicted octanol–water partition coefficient (Wildman–Crippen LogP) is 2.96. The minimum atomic E-state index is -3.38. The Morgan fingerprint density at radius 2 is 1.46 bits per heavy atom. The SMILES string of the molecule is CO[Si](O)(c1ccccc1)c1cccc(S)c1Oc1ccccc1. The zero-order valence-corrected chi connectivity index (χ0v) is 15.1. The van der Waals surface area contributed by atoms with Crippen molar-refractivity contribution in [3.05, 3.63) is 78.9 Å². The molecule has 3 rings (SSSR count). The van der Waals surface area contributed by atoms with Gasteiger partial charge in [0.05, 0.1) is 0 Å². The largest absolute Gasteiger partial charge is 0.456 e. The Bertz CT molecular complexity index is 811. The van der Waals surface area contributed by atoms with Crippen LogP contribution in [0.5, 0.6) is 11.5 Å². The molecule has 0 aromatic heterocycles. The van der Waals surface area contributed by atoms with Crippen LogP contribution < -0.4 is 15.1 Å². The molecule has 0 bridgehead atoms. The molecular formula is C19H18O3SSi. The van der Waals surface area contributed by atoms with Gasteiger partial charge >= 0.3 is 8.56 Å². The van der Waals surface area contributed by atoms with Crippen molar-refractivity contribution in [1.29, 1.82) is 0 Å². The molecule has 1 atom stereocenters. The minimum absolute atomic E-state index is 0.520. The van der Waals surface area contributed by atoms with E-state index in [1.165, 1.54) is 7.11 Å². The second kappa shape index (κ2) is 7.23. The fourth-order valence-corrected chi connectivity index (χ4v) is 5.14. The van der Waals surface area contributed by atoms with Crippen LogP contribution in [0, 0.1) is 0 Å². The molecule has 122 valence electrons. The molecule has 1 unspecified atom stereocenters. The van der Waals surface area contributed by atoms with Gasteiger partial charge in [0.15, 0.2) is 0 Å². The van der Waals surface area contributed by atoms with Crippen LogP contribution in [-0.4, -0.2) is 20.5 Å². The molecule has 24 heavy (non-hydrogen) atoms. The maximum atomic E-state index is 11.3. The smallest absolute Gasteiger partial charge is 0.407 e. The van der Waals surface area contributed by atoms with Gasteiger partial charge in [-0.05, 0) is 23.4 Å². The third-order valence-corrected chi connectivity index (χ3v) is 6.97. The highest BCUT2D eigenvalue weighted by atomic mass is 32.1. The Kier molecular flexibility index (Phi) is 5.06. The molecule has 0 amide bonds. The second-order valence-corrected chi connectivity index (χ2v) is 8.58. The second-order valence-electron chi connectivity index (χ2n) is 5.28. The lowest BCUT2D eigenvalue weighted by molar-refractivity contribution is 0.319. The van der Waals surface area contributed by atoms with Crippen LogP contribution in [0.15, 0.2) is 83.8 Å². The molecule has 0 spiro atoms. The summed E-state index contributed by atoms with van der Waals surface area (Å²) in [7, 11) is -1.85. The lowest BCUT2D eigenvalue weighted by Gasteiger charge is -2.26. The van der Waals surface area contributed by atoms with Gasteiger partial charge in [-0.1, -0.05) is 60.7 Å². The molecule has 0 aliphatic carbocycles. The Morgan fingerprint density at radius 3 is 2.08 bits per heavy atom. The maximum absolute atomic E-state index is 11.3. The van der Waals surface area contributed by atoms with E-state index >= 15 is 0 Å². The number of hydrogen-bond donors (Lipinski definition) is 2. The van der Waals surface area contributed by atoms with Crippen LogP contribution in [0.3, 0.4) is 0 Å². The Labute approximate surface area is 148 Å². The molecule has 0 saturated carbocycles. The monoisotopic (exact) mass is 354 g/mol. The number of thiol groups is 1. The third-order valence-electron chi connectivity index (χ3n) is 3.78. The summed E-state index contributed by atoms with van der Waals surface area (Å²) in [6, 6.07) is 24.4.